The Labute approximate surface area is 222 Å². The molecule has 0 aliphatic heterocycles. The maximum Gasteiger partial charge on any atom is 0.326 e. The molecule has 0 spiro atoms. The van der Waals surface area contributed by atoms with Gasteiger partial charge < -0.3 is 26.8 Å². The summed E-state index contributed by atoms with van der Waals surface area (Å²) in [6, 6.07) is 5.52. The lowest BCUT2D eigenvalue weighted by Crippen LogP contribution is -2.58. The van der Waals surface area contributed by atoms with E-state index in [0.717, 1.165) is 5.56 Å². The number of benzene rings is 1. The zero-order chi connectivity index (χ0) is 27.1. The van der Waals surface area contributed by atoms with E-state index in [4.69, 9.17) is 5.73 Å². The zero-order valence-electron chi connectivity index (χ0n) is 21.5. The molecule has 0 aliphatic rings. The van der Waals surface area contributed by atoms with E-state index in [9.17, 15) is 24.3 Å². The number of carbonyl (C=O) groups is 4. The van der Waals surface area contributed by atoms with Crippen molar-refractivity contribution in [3.8, 4) is 0 Å². The second-order valence-corrected chi connectivity index (χ2v) is 11.0. The van der Waals surface area contributed by atoms with E-state index in [0.29, 0.717) is 24.3 Å². The number of carbonyl (C=O) groups excluding carboxylic acids is 3. The fraction of sp³-hybridized carbons (Fsp3) is 0.600. The molecular formula is C25H40N4O5S2. The first kappa shape index (κ1) is 31.8. The molecule has 0 radical (unpaired) electrons. The Morgan fingerprint density at radius 2 is 1.36 bits per heavy atom. The first-order chi connectivity index (χ1) is 17.1. The molecule has 9 nitrogen and oxygen atoms in total. The highest BCUT2D eigenvalue weighted by molar-refractivity contribution is 7.98. The van der Waals surface area contributed by atoms with Crippen LogP contribution in [0.1, 0.15) is 38.7 Å². The fourth-order valence-electron chi connectivity index (χ4n) is 3.45. The molecule has 11 heteroatoms. The van der Waals surface area contributed by atoms with E-state index in [1.807, 2.05) is 56.7 Å². The molecule has 3 amide bonds. The zero-order valence-corrected chi connectivity index (χ0v) is 23.1. The van der Waals surface area contributed by atoms with Gasteiger partial charge >= 0.3 is 5.97 Å². The van der Waals surface area contributed by atoms with Crippen molar-refractivity contribution < 1.29 is 24.3 Å². The SMILES string of the molecule is CSCCC(N)C(=O)NC(Cc1ccccc1)C(=O)NC(CC(C)C)C(=O)NC(CCSC)C(=O)O. The Balaban J connectivity index is 3.05. The van der Waals surface area contributed by atoms with Crippen molar-refractivity contribution in [2.45, 2.75) is 63.7 Å². The maximum absolute atomic E-state index is 13.3. The average Bonchev–Trinajstić information content (AvgIpc) is 2.84. The third-order valence-electron chi connectivity index (χ3n) is 5.45. The van der Waals surface area contributed by atoms with Crippen LogP contribution in [0.25, 0.3) is 0 Å². The van der Waals surface area contributed by atoms with Crippen LogP contribution in [0.3, 0.4) is 0 Å². The summed E-state index contributed by atoms with van der Waals surface area (Å²) >= 11 is 3.06. The molecule has 0 saturated heterocycles. The van der Waals surface area contributed by atoms with Crippen LogP contribution in [0.4, 0.5) is 0 Å². The average molecular weight is 541 g/mol. The predicted octanol–water partition coefficient (Wildman–Crippen LogP) is 1.65. The van der Waals surface area contributed by atoms with Gasteiger partial charge in [0.1, 0.15) is 18.1 Å². The highest BCUT2D eigenvalue weighted by atomic mass is 32.2. The van der Waals surface area contributed by atoms with E-state index in [1.165, 1.54) is 11.8 Å². The molecule has 1 aromatic carbocycles. The van der Waals surface area contributed by atoms with Crippen LogP contribution in [-0.4, -0.2) is 77.0 Å². The molecule has 0 saturated carbocycles. The van der Waals surface area contributed by atoms with E-state index < -0.39 is 47.9 Å². The highest BCUT2D eigenvalue weighted by Gasteiger charge is 2.30. The predicted molar refractivity (Wildman–Crippen MR) is 147 cm³/mol. The molecule has 0 fully saturated rings. The minimum atomic E-state index is -1.12. The fourth-order valence-corrected chi connectivity index (χ4v) is 4.42. The topological polar surface area (TPSA) is 151 Å². The number of nitrogens with two attached hydrogens (primary N) is 1. The van der Waals surface area contributed by atoms with Crippen LogP contribution in [0, 0.1) is 5.92 Å². The van der Waals surface area contributed by atoms with Crippen LogP contribution >= 0.6 is 23.5 Å². The van der Waals surface area contributed by atoms with Crippen molar-refractivity contribution in [1.29, 1.82) is 0 Å². The molecule has 4 unspecified atom stereocenters. The number of carboxylic acids is 1. The number of thioether (sulfide) groups is 2. The lowest BCUT2D eigenvalue weighted by molar-refractivity contribution is -0.142. The van der Waals surface area contributed by atoms with Crippen LogP contribution in [-0.2, 0) is 25.6 Å². The smallest absolute Gasteiger partial charge is 0.326 e. The van der Waals surface area contributed by atoms with Crippen molar-refractivity contribution in [3.05, 3.63) is 35.9 Å². The van der Waals surface area contributed by atoms with Gasteiger partial charge in [0.15, 0.2) is 0 Å². The molecule has 0 bridgehead atoms. The van der Waals surface area contributed by atoms with Crippen LogP contribution < -0.4 is 21.7 Å². The molecule has 0 aliphatic carbocycles. The van der Waals surface area contributed by atoms with Gasteiger partial charge in [0.2, 0.25) is 17.7 Å². The quantitative estimate of drug-likeness (QED) is 0.200. The van der Waals surface area contributed by atoms with Gasteiger partial charge in [0, 0.05) is 6.42 Å². The Bertz CT molecular complexity index is 841. The van der Waals surface area contributed by atoms with Crippen molar-refractivity contribution in [2.75, 3.05) is 24.0 Å². The summed E-state index contributed by atoms with van der Waals surface area (Å²) in [6.45, 7) is 3.81. The van der Waals surface area contributed by atoms with Gasteiger partial charge in [-0.1, -0.05) is 44.2 Å². The molecular weight excluding hydrogens is 500 g/mol. The molecule has 0 heterocycles. The van der Waals surface area contributed by atoms with Gasteiger partial charge in [0.25, 0.3) is 0 Å². The summed E-state index contributed by atoms with van der Waals surface area (Å²) in [4.78, 5) is 50.7. The number of carboxylic acid groups (broad SMARTS) is 1. The third kappa shape index (κ3) is 12.1. The van der Waals surface area contributed by atoms with Gasteiger partial charge in [-0.3, -0.25) is 14.4 Å². The molecule has 6 N–H and O–H groups in total. The van der Waals surface area contributed by atoms with Crippen molar-refractivity contribution in [1.82, 2.24) is 16.0 Å². The van der Waals surface area contributed by atoms with Gasteiger partial charge in [0.05, 0.1) is 6.04 Å². The minimum Gasteiger partial charge on any atom is -0.480 e. The van der Waals surface area contributed by atoms with Crippen LogP contribution in [0.2, 0.25) is 0 Å². The first-order valence-corrected chi connectivity index (χ1v) is 14.8. The van der Waals surface area contributed by atoms with Gasteiger partial charge in [-0.15, -0.1) is 0 Å². The van der Waals surface area contributed by atoms with E-state index >= 15 is 0 Å². The Hall–Kier alpha value is -2.24. The Kier molecular flexibility index (Phi) is 15.2. The molecule has 0 aromatic heterocycles. The minimum absolute atomic E-state index is 0.0534. The molecule has 1 aromatic rings. The van der Waals surface area contributed by atoms with Crippen molar-refractivity contribution >= 4 is 47.2 Å². The molecule has 36 heavy (non-hydrogen) atoms. The summed E-state index contributed by atoms with van der Waals surface area (Å²) in [5.74, 6) is -1.32. The summed E-state index contributed by atoms with van der Waals surface area (Å²) in [5, 5.41) is 17.5. The Morgan fingerprint density at radius 3 is 1.92 bits per heavy atom. The van der Waals surface area contributed by atoms with Gasteiger partial charge in [-0.05, 0) is 54.8 Å². The number of aliphatic carboxylic acids is 1. The van der Waals surface area contributed by atoms with E-state index in [-0.39, 0.29) is 18.8 Å². The lowest BCUT2D eigenvalue weighted by Gasteiger charge is -2.26. The third-order valence-corrected chi connectivity index (χ3v) is 6.74. The molecule has 202 valence electrons. The first-order valence-electron chi connectivity index (χ1n) is 12.0. The second-order valence-electron chi connectivity index (χ2n) is 9.01. The molecule has 4 atom stereocenters. The van der Waals surface area contributed by atoms with E-state index in [2.05, 4.69) is 16.0 Å². The number of hydrogen-bond acceptors (Lipinski definition) is 7. The molecule has 1 rings (SSSR count). The monoisotopic (exact) mass is 540 g/mol. The number of amides is 3. The summed E-state index contributed by atoms with van der Waals surface area (Å²) in [7, 11) is 0. The summed E-state index contributed by atoms with van der Waals surface area (Å²) in [6.07, 6.45) is 5.05. The highest BCUT2D eigenvalue weighted by Crippen LogP contribution is 2.10. The largest absolute Gasteiger partial charge is 0.480 e. The lowest BCUT2D eigenvalue weighted by atomic mass is 10.0. The van der Waals surface area contributed by atoms with Gasteiger partial charge in [-0.25, -0.2) is 4.79 Å². The van der Waals surface area contributed by atoms with E-state index in [1.54, 1.807) is 11.8 Å². The van der Waals surface area contributed by atoms with Crippen molar-refractivity contribution in [2.24, 2.45) is 11.7 Å². The van der Waals surface area contributed by atoms with Gasteiger partial charge in [-0.2, -0.15) is 23.5 Å². The Morgan fingerprint density at radius 1 is 0.833 bits per heavy atom. The summed E-state index contributed by atoms with van der Waals surface area (Å²) < 4.78 is 0. The number of rotatable bonds is 17. The van der Waals surface area contributed by atoms with Crippen LogP contribution in [0.15, 0.2) is 30.3 Å². The van der Waals surface area contributed by atoms with Crippen molar-refractivity contribution in [3.63, 3.8) is 0 Å². The van der Waals surface area contributed by atoms with Crippen LogP contribution in [0.5, 0.6) is 0 Å². The second kappa shape index (κ2) is 17.3. The summed E-state index contributed by atoms with van der Waals surface area (Å²) in [5.41, 5.74) is 6.84. The normalized spacial score (nSPS) is 14.4. The standard InChI is InChI=1S/C25H40N4O5S2/c1-16(2)14-20(23(31)27-19(25(33)34)11-13-36-4)29-24(32)21(15-17-8-6-5-7-9-17)28-22(30)18(26)10-12-35-3/h5-9,16,18-21H,10-15,26H2,1-4H3,(H,27,31)(H,28,30)(H,29,32)(H,33,34). The number of nitrogens with one attached hydrogen (secondary N) is 3. The number of hydrogen-bond donors (Lipinski definition) is 5. The maximum atomic E-state index is 13.3.